The molecule has 1 aliphatic rings. The van der Waals surface area contributed by atoms with Crippen molar-refractivity contribution in [1.82, 2.24) is 0 Å². The molecule has 1 amide bonds. The molecular weight excluding hydrogens is 270 g/mol. The number of aldehydes is 1. The van der Waals surface area contributed by atoms with Crippen LogP contribution in [0.5, 0.6) is 5.75 Å². The fourth-order valence-electron chi connectivity index (χ4n) is 2.19. The highest BCUT2D eigenvalue weighted by Crippen LogP contribution is 2.49. The number of anilines is 1. The Bertz CT molecular complexity index is 556. The molecule has 1 saturated carbocycles. The first-order chi connectivity index (χ1) is 9.79. The van der Waals surface area contributed by atoms with Crippen LogP contribution in [0.4, 0.5) is 10.5 Å². The Balaban J connectivity index is 2.28. The molecule has 0 bridgehead atoms. The SMILES string of the molecule is COc1ccc(C2(C=O)CC2)c(NC(=O)OC(C)(C)C)c1. The van der Waals surface area contributed by atoms with Gasteiger partial charge in [0, 0.05) is 6.07 Å². The number of carbonyl (C=O) groups is 2. The quantitative estimate of drug-likeness (QED) is 0.865. The van der Waals surface area contributed by atoms with Crippen molar-refractivity contribution in [2.75, 3.05) is 12.4 Å². The smallest absolute Gasteiger partial charge is 0.412 e. The predicted molar refractivity (Wildman–Crippen MR) is 79.8 cm³/mol. The van der Waals surface area contributed by atoms with Crippen LogP contribution in [0, 0.1) is 0 Å². The van der Waals surface area contributed by atoms with Crippen molar-refractivity contribution in [2.24, 2.45) is 0 Å². The lowest BCUT2D eigenvalue weighted by molar-refractivity contribution is -0.109. The van der Waals surface area contributed by atoms with Gasteiger partial charge >= 0.3 is 6.09 Å². The van der Waals surface area contributed by atoms with E-state index in [9.17, 15) is 9.59 Å². The van der Waals surface area contributed by atoms with Crippen LogP contribution in [0.2, 0.25) is 0 Å². The molecule has 21 heavy (non-hydrogen) atoms. The fourth-order valence-corrected chi connectivity index (χ4v) is 2.19. The van der Waals surface area contributed by atoms with E-state index in [1.54, 1.807) is 40.0 Å². The molecule has 0 radical (unpaired) electrons. The van der Waals surface area contributed by atoms with E-state index in [1.165, 1.54) is 0 Å². The number of methoxy groups -OCH3 is 1. The van der Waals surface area contributed by atoms with Gasteiger partial charge in [-0.15, -0.1) is 0 Å². The minimum atomic E-state index is -0.578. The summed E-state index contributed by atoms with van der Waals surface area (Å²) in [6, 6.07) is 5.33. The second-order valence-corrected chi connectivity index (χ2v) is 6.31. The summed E-state index contributed by atoms with van der Waals surface area (Å²) in [7, 11) is 1.55. The van der Waals surface area contributed by atoms with Crippen LogP contribution < -0.4 is 10.1 Å². The summed E-state index contributed by atoms with van der Waals surface area (Å²) in [5.74, 6) is 0.617. The predicted octanol–water partition coefficient (Wildman–Crippen LogP) is 3.27. The molecule has 1 fully saturated rings. The molecule has 0 unspecified atom stereocenters. The Hall–Kier alpha value is -2.04. The van der Waals surface area contributed by atoms with E-state index in [0.717, 1.165) is 24.7 Å². The number of carbonyl (C=O) groups excluding carboxylic acids is 2. The Morgan fingerprint density at radius 2 is 2.00 bits per heavy atom. The minimum absolute atomic E-state index is 0.476. The maximum Gasteiger partial charge on any atom is 0.412 e. The van der Waals surface area contributed by atoms with Gasteiger partial charge in [-0.05, 0) is 45.2 Å². The first-order valence-electron chi connectivity index (χ1n) is 6.94. The molecule has 0 saturated heterocycles. The van der Waals surface area contributed by atoms with E-state index in [0.29, 0.717) is 11.4 Å². The number of hydrogen-bond donors (Lipinski definition) is 1. The fraction of sp³-hybridized carbons (Fsp3) is 0.500. The molecule has 5 heteroatoms. The summed E-state index contributed by atoms with van der Waals surface area (Å²) in [6.07, 6.45) is 2.01. The summed E-state index contributed by atoms with van der Waals surface area (Å²) in [4.78, 5) is 23.3. The molecule has 2 rings (SSSR count). The summed E-state index contributed by atoms with van der Waals surface area (Å²) in [5, 5.41) is 2.72. The Morgan fingerprint density at radius 3 is 2.48 bits per heavy atom. The summed E-state index contributed by atoms with van der Waals surface area (Å²) >= 11 is 0. The lowest BCUT2D eigenvalue weighted by Crippen LogP contribution is -2.28. The van der Waals surface area contributed by atoms with Crippen LogP contribution in [0.3, 0.4) is 0 Å². The van der Waals surface area contributed by atoms with Crippen molar-refractivity contribution in [3.63, 3.8) is 0 Å². The van der Waals surface area contributed by atoms with Crippen molar-refractivity contribution in [3.05, 3.63) is 23.8 Å². The molecule has 1 aromatic carbocycles. The van der Waals surface area contributed by atoms with Crippen LogP contribution in [0.25, 0.3) is 0 Å². The van der Waals surface area contributed by atoms with Gasteiger partial charge in [-0.25, -0.2) is 4.79 Å². The van der Waals surface area contributed by atoms with Gasteiger partial charge in [0.05, 0.1) is 18.2 Å². The van der Waals surface area contributed by atoms with Gasteiger partial charge in [0.2, 0.25) is 0 Å². The average molecular weight is 291 g/mol. The Morgan fingerprint density at radius 1 is 1.33 bits per heavy atom. The highest BCUT2D eigenvalue weighted by atomic mass is 16.6. The van der Waals surface area contributed by atoms with Gasteiger partial charge in [0.25, 0.3) is 0 Å². The number of nitrogens with one attached hydrogen (secondary N) is 1. The van der Waals surface area contributed by atoms with E-state index >= 15 is 0 Å². The number of benzene rings is 1. The van der Waals surface area contributed by atoms with E-state index in [4.69, 9.17) is 9.47 Å². The summed E-state index contributed by atoms with van der Waals surface area (Å²) in [5.41, 5.74) is 0.319. The van der Waals surface area contributed by atoms with Crippen LogP contribution in [0.15, 0.2) is 18.2 Å². The first-order valence-corrected chi connectivity index (χ1v) is 6.94. The molecule has 0 spiro atoms. The van der Waals surface area contributed by atoms with Gasteiger partial charge < -0.3 is 14.3 Å². The second-order valence-electron chi connectivity index (χ2n) is 6.31. The molecule has 0 aromatic heterocycles. The Kier molecular flexibility index (Phi) is 3.94. The van der Waals surface area contributed by atoms with Crippen molar-refractivity contribution < 1.29 is 19.1 Å². The van der Waals surface area contributed by atoms with Gasteiger partial charge in [0.1, 0.15) is 17.6 Å². The zero-order valence-corrected chi connectivity index (χ0v) is 12.9. The summed E-state index contributed by atoms with van der Waals surface area (Å²) < 4.78 is 10.4. The number of amides is 1. The molecule has 0 aliphatic heterocycles. The lowest BCUT2D eigenvalue weighted by Gasteiger charge is -2.21. The Labute approximate surface area is 124 Å². The molecule has 1 aliphatic carbocycles. The monoisotopic (exact) mass is 291 g/mol. The largest absolute Gasteiger partial charge is 0.497 e. The van der Waals surface area contributed by atoms with Crippen molar-refractivity contribution in [1.29, 1.82) is 0 Å². The number of hydrogen-bond acceptors (Lipinski definition) is 4. The van der Waals surface area contributed by atoms with E-state index in [1.807, 2.05) is 6.07 Å². The second kappa shape index (κ2) is 5.39. The molecule has 1 aromatic rings. The van der Waals surface area contributed by atoms with Gasteiger partial charge in [0.15, 0.2) is 0 Å². The van der Waals surface area contributed by atoms with Gasteiger partial charge in [-0.2, -0.15) is 0 Å². The maximum atomic E-state index is 12.0. The van der Waals surface area contributed by atoms with Gasteiger partial charge in [-0.1, -0.05) is 6.07 Å². The van der Waals surface area contributed by atoms with Gasteiger partial charge in [-0.3, -0.25) is 5.32 Å². The summed E-state index contributed by atoms with van der Waals surface area (Å²) in [6.45, 7) is 5.40. The minimum Gasteiger partial charge on any atom is -0.497 e. The molecule has 5 nitrogen and oxygen atoms in total. The van der Waals surface area contributed by atoms with Crippen molar-refractivity contribution in [3.8, 4) is 5.75 Å². The third kappa shape index (κ3) is 3.54. The van der Waals surface area contributed by atoms with E-state index < -0.39 is 17.1 Å². The highest BCUT2D eigenvalue weighted by Gasteiger charge is 2.46. The van der Waals surface area contributed by atoms with E-state index in [2.05, 4.69) is 5.32 Å². The van der Waals surface area contributed by atoms with Crippen LogP contribution >= 0.6 is 0 Å². The number of rotatable bonds is 4. The zero-order valence-electron chi connectivity index (χ0n) is 12.9. The number of ether oxygens (including phenoxy) is 2. The third-order valence-electron chi connectivity index (χ3n) is 3.41. The molecular formula is C16H21NO4. The van der Waals surface area contributed by atoms with Crippen LogP contribution in [0.1, 0.15) is 39.2 Å². The maximum absolute atomic E-state index is 12.0. The standard InChI is InChI=1S/C16H21NO4/c1-15(2,3)21-14(19)17-13-9-11(20-4)5-6-12(13)16(10-18)7-8-16/h5-6,9-10H,7-8H2,1-4H3,(H,17,19). The van der Waals surface area contributed by atoms with Crippen molar-refractivity contribution >= 4 is 18.1 Å². The van der Waals surface area contributed by atoms with Crippen molar-refractivity contribution in [2.45, 2.75) is 44.6 Å². The molecule has 1 N–H and O–H groups in total. The first kappa shape index (κ1) is 15.4. The van der Waals surface area contributed by atoms with Crippen LogP contribution in [-0.4, -0.2) is 25.1 Å². The average Bonchev–Trinajstić information content (AvgIpc) is 3.17. The normalized spacial score (nSPS) is 16.0. The highest BCUT2D eigenvalue weighted by molar-refractivity contribution is 5.89. The molecule has 114 valence electrons. The third-order valence-corrected chi connectivity index (χ3v) is 3.41. The zero-order chi connectivity index (χ0) is 15.7. The van der Waals surface area contributed by atoms with E-state index in [-0.39, 0.29) is 0 Å². The van der Waals surface area contributed by atoms with Crippen LogP contribution in [-0.2, 0) is 14.9 Å². The molecule has 0 atom stereocenters. The topological polar surface area (TPSA) is 64.6 Å². The molecule has 0 heterocycles. The lowest BCUT2D eigenvalue weighted by atomic mass is 9.95.